The number of halogens is 3. The number of alkyl halides is 3. The van der Waals surface area contributed by atoms with Crippen LogP contribution in [0, 0.1) is 0 Å². The lowest BCUT2D eigenvalue weighted by molar-refractivity contribution is -0.137. The molecule has 2 heterocycles. The summed E-state index contributed by atoms with van der Waals surface area (Å²) in [6.45, 7) is 0.536. The summed E-state index contributed by atoms with van der Waals surface area (Å²) >= 11 is 0. The molecule has 0 saturated carbocycles. The van der Waals surface area contributed by atoms with Gasteiger partial charge in [-0.05, 0) is 29.8 Å². The first kappa shape index (κ1) is 17.1. The predicted molar refractivity (Wildman–Crippen MR) is 98.1 cm³/mol. The summed E-state index contributed by atoms with van der Waals surface area (Å²) in [5, 5.41) is 3.27. The van der Waals surface area contributed by atoms with Crippen molar-refractivity contribution in [2.75, 3.05) is 5.32 Å². The van der Waals surface area contributed by atoms with Gasteiger partial charge in [-0.25, -0.2) is 4.98 Å². The molecule has 7 heteroatoms. The second kappa shape index (κ2) is 6.75. The number of rotatable bonds is 4. The number of imidazole rings is 1. The number of nitrogens with zero attached hydrogens (tertiary/aromatic N) is 2. The fourth-order valence-corrected chi connectivity index (χ4v) is 2.94. The van der Waals surface area contributed by atoms with Gasteiger partial charge in [-0.1, -0.05) is 30.3 Å². The Morgan fingerprint density at radius 2 is 1.81 bits per heavy atom. The van der Waals surface area contributed by atoms with Gasteiger partial charge in [0.1, 0.15) is 11.3 Å². The van der Waals surface area contributed by atoms with Gasteiger partial charge in [0, 0.05) is 24.5 Å². The van der Waals surface area contributed by atoms with E-state index in [9.17, 15) is 13.2 Å². The highest BCUT2D eigenvalue weighted by molar-refractivity contribution is 5.90. The van der Waals surface area contributed by atoms with E-state index in [-0.39, 0.29) is 11.4 Å². The fourth-order valence-electron chi connectivity index (χ4n) is 2.94. The van der Waals surface area contributed by atoms with Crippen LogP contribution in [0.4, 0.5) is 18.9 Å². The maximum absolute atomic E-state index is 13.3. The van der Waals surface area contributed by atoms with E-state index >= 15 is 0 Å². The molecular formula is C20H15F3N4. The molecule has 0 atom stereocenters. The first-order chi connectivity index (χ1) is 13.0. The van der Waals surface area contributed by atoms with Gasteiger partial charge in [-0.3, -0.25) is 4.98 Å². The van der Waals surface area contributed by atoms with Crippen LogP contribution >= 0.6 is 0 Å². The van der Waals surface area contributed by atoms with Gasteiger partial charge in [-0.2, -0.15) is 13.2 Å². The lowest BCUT2D eigenvalue weighted by Gasteiger charge is -2.10. The molecule has 0 bridgehead atoms. The molecule has 4 nitrogen and oxygen atoms in total. The van der Waals surface area contributed by atoms with Crippen molar-refractivity contribution in [1.82, 2.24) is 15.0 Å². The van der Waals surface area contributed by atoms with Crippen LogP contribution in [0.25, 0.3) is 22.4 Å². The Kier molecular flexibility index (Phi) is 4.27. The zero-order valence-corrected chi connectivity index (χ0v) is 14.1. The van der Waals surface area contributed by atoms with E-state index < -0.39 is 11.7 Å². The van der Waals surface area contributed by atoms with Gasteiger partial charge < -0.3 is 10.3 Å². The number of pyridine rings is 1. The summed E-state index contributed by atoms with van der Waals surface area (Å²) < 4.78 is 40.0. The van der Waals surface area contributed by atoms with Crippen molar-refractivity contribution in [2.24, 2.45) is 0 Å². The zero-order chi connectivity index (χ0) is 18.9. The van der Waals surface area contributed by atoms with Crippen molar-refractivity contribution in [1.29, 1.82) is 0 Å². The summed E-state index contributed by atoms with van der Waals surface area (Å²) in [6, 6.07) is 14.7. The number of fused-ring (bicyclic) bond motifs is 1. The van der Waals surface area contributed by atoms with Crippen LogP contribution in [0.5, 0.6) is 0 Å². The lowest BCUT2D eigenvalue weighted by atomic mass is 10.1. The molecule has 0 amide bonds. The van der Waals surface area contributed by atoms with Crippen LogP contribution in [0.2, 0.25) is 0 Å². The highest BCUT2D eigenvalue weighted by Crippen LogP contribution is 2.37. The zero-order valence-electron chi connectivity index (χ0n) is 14.1. The van der Waals surface area contributed by atoms with Gasteiger partial charge in [0.2, 0.25) is 0 Å². The first-order valence-corrected chi connectivity index (χ1v) is 8.30. The number of anilines is 1. The second-order valence-electron chi connectivity index (χ2n) is 6.05. The van der Waals surface area contributed by atoms with E-state index in [0.717, 1.165) is 17.3 Å². The SMILES string of the molecule is FC(F)(F)c1ccccc1-c1nc2c(NCc3cccnc3)cccc2[nH]1. The van der Waals surface area contributed by atoms with Gasteiger partial charge in [0.05, 0.1) is 16.8 Å². The van der Waals surface area contributed by atoms with E-state index in [1.807, 2.05) is 24.3 Å². The van der Waals surface area contributed by atoms with Crippen LogP contribution in [-0.4, -0.2) is 15.0 Å². The predicted octanol–water partition coefficient (Wildman–Crippen LogP) is 5.26. The summed E-state index contributed by atoms with van der Waals surface area (Å²) in [4.78, 5) is 11.5. The molecule has 0 aliphatic carbocycles. The molecule has 136 valence electrons. The Morgan fingerprint density at radius 3 is 2.59 bits per heavy atom. The van der Waals surface area contributed by atoms with Crippen molar-refractivity contribution in [3.63, 3.8) is 0 Å². The second-order valence-corrected chi connectivity index (χ2v) is 6.05. The maximum atomic E-state index is 13.3. The largest absolute Gasteiger partial charge is 0.417 e. The minimum atomic E-state index is -4.45. The molecule has 0 aliphatic rings. The number of hydrogen-bond acceptors (Lipinski definition) is 3. The number of hydrogen-bond donors (Lipinski definition) is 2. The maximum Gasteiger partial charge on any atom is 0.417 e. The Morgan fingerprint density at radius 1 is 0.963 bits per heavy atom. The van der Waals surface area contributed by atoms with E-state index in [0.29, 0.717) is 17.6 Å². The van der Waals surface area contributed by atoms with Crippen molar-refractivity contribution in [3.8, 4) is 11.4 Å². The first-order valence-electron chi connectivity index (χ1n) is 8.30. The number of aromatic amines is 1. The van der Waals surface area contributed by atoms with E-state index in [4.69, 9.17) is 0 Å². The number of benzene rings is 2. The molecule has 2 aromatic heterocycles. The summed E-state index contributed by atoms with van der Waals surface area (Å²) in [7, 11) is 0. The molecule has 4 aromatic rings. The molecule has 0 aliphatic heterocycles. The summed E-state index contributed by atoms with van der Waals surface area (Å²) in [5.41, 5.74) is 2.30. The third-order valence-corrected chi connectivity index (χ3v) is 4.21. The quantitative estimate of drug-likeness (QED) is 0.517. The van der Waals surface area contributed by atoms with Crippen LogP contribution in [0.15, 0.2) is 67.0 Å². The molecule has 0 radical (unpaired) electrons. The molecule has 0 saturated heterocycles. The molecule has 4 rings (SSSR count). The van der Waals surface area contributed by atoms with Crippen LogP contribution in [0.1, 0.15) is 11.1 Å². The standard InChI is InChI=1S/C20H15F3N4/c21-20(22,23)15-7-2-1-6-14(15)19-26-17-9-3-8-16(18(17)27-19)25-12-13-5-4-10-24-11-13/h1-11,25H,12H2,(H,26,27). The monoisotopic (exact) mass is 368 g/mol. The lowest BCUT2D eigenvalue weighted by Crippen LogP contribution is -2.07. The summed E-state index contributed by atoms with van der Waals surface area (Å²) in [5.74, 6) is 0.188. The van der Waals surface area contributed by atoms with Crippen LogP contribution in [-0.2, 0) is 12.7 Å². The Balaban J connectivity index is 1.72. The van der Waals surface area contributed by atoms with Crippen molar-refractivity contribution in [2.45, 2.75) is 12.7 Å². The van der Waals surface area contributed by atoms with Gasteiger partial charge >= 0.3 is 6.18 Å². The van der Waals surface area contributed by atoms with Crippen molar-refractivity contribution in [3.05, 3.63) is 78.1 Å². The molecular weight excluding hydrogens is 353 g/mol. The van der Waals surface area contributed by atoms with Gasteiger partial charge in [-0.15, -0.1) is 0 Å². The molecule has 2 aromatic carbocycles. The third kappa shape index (κ3) is 3.48. The van der Waals surface area contributed by atoms with E-state index in [1.54, 1.807) is 24.5 Å². The topological polar surface area (TPSA) is 53.6 Å². The van der Waals surface area contributed by atoms with Crippen molar-refractivity contribution < 1.29 is 13.2 Å². The highest BCUT2D eigenvalue weighted by Gasteiger charge is 2.34. The smallest absolute Gasteiger partial charge is 0.379 e. The number of nitrogens with one attached hydrogen (secondary N) is 2. The molecule has 0 fully saturated rings. The number of H-pyrrole nitrogens is 1. The molecule has 2 N–H and O–H groups in total. The Hall–Kier alpha value is -3.35. The fraction of sp³-hybridized carbons (Fsp3) is 0.100. The third-order valence-electron chi connectivity index (χ3n) is 4.21. The normalized spacial score (nSPS) is 11.7. The van der Waals surface area contributed by atoms with E-state index in [2.05, 4.69) is 20.3 Å². The molecule has 0 spiro atoms. The Bertz CT molecular complexity index is 1070. The number of aromatic nitrogens is 3. The minimum Gasteiger partial charge on any atom is -0.379 e. The van der Waals surface area contributed by atoms with Crippen molar-refractivity contribution >= 4 is 16.7 Å². The average Bonchev–Trinajstić information content (AvgIpc) is 3.11. The van der Waals surface area contributed by atoms with E-state index in [1.165, 1.54) is 12.1 Å². The van der Waals surface area contributed by atoms with Gasteiger partial charge in [0.15, 0.2) is 0 Å². The van der Waals surface area contributed by atoms with Crippen LogP contribution in [0.3, 0.4) is 0 Å². The van der Waals surface area contributed by atoms with Crippen LogP contribution < -0.4 is 5.32 Å². The van der Waals surface area contributed by atoms with Gasteiger partial charge in [0.25, 0.3) is 0 Å². The number of para-hydroxylation sites is 1. The summed E-state index contributed by atoms with van der Waals surface area (Å²) in [6.07, 6.45) is -0.998. The molecule has 27 heavy (non-hydrogen) atoms. The molecule has 0 unspecified atom stereocenters. The highest BCUT2D eigenvalue weighted by atomic mass is 19.4. The Labute approximate surface area is 153 Å². The average molecular weight is 368 g/mol. The minimum absolute atomic E-state index is 0.0272.